The summed E-state index contributed by atoms with van der Waals surface area (Å²) in [5.41, 5.74) is -0.504. The molecule has 176 valence electrons. The Kier molecular flexibility index (Phi) is 6.20. The second-order valence-electron chi connectivity index (χ2n) is 7.99. The molecule has 0 radical (unpaired) electrons. The fraction of sp³-hybridized carbons (Fsp3) is 0.292. The maximum absolute atomic E-state index is 12.9. The van der Waals surface area contributed by atoms with Crippen LogP contribution in [0.5, 0.6) is 17.4 Å². The molecule has 1 aliphatic rings. The van der Waals surface area contributed by atoms with Crippen LogP contribution in [-0.4, -0.2) is 22.6 Å². The fourth-order valence-corrected chi connectivity index (χ4v) is 3.65. The second kappa shape index (κ2) is 9.09. The molecule has 10 heteroatoms. The van der Waals surface area contributed by atoms with Crippen LogP contribution in [0.1, 0.15) is 30.0 Å². The molecule has 0 saturated heterocycles. The number of nitriles is 1. The van der Waals surface area contributed by atoms with Gasteiger partial charge in [-0.15, -0.1) is 0 Å². The molecule has 4 rings (SSSR count). The Hall–Kier alpha value is -4.00. The maximum Gasteiger partial charge on any atom is 0.416 e. The summed E-state index contributed by atoms with van der Waals surface area (Å²) in [6.07, 6.45) is -3.66. The van der Waals surface area contributed by atoms with Crippen molar-refractivity contribution in [3.05, 3.63) is 75.7 Å². The zero-order valence-electron chi connectivity index (χ0n) is 18.5. The first-order valence-electron chi connectivity index (χ1n) is 10.5. The molecular weight excluding hydrogens is 449 g/mol. The fourth-order valence-electron chi connectivity index (χ4n) is 3.65. The minimum absolute atomic E-state index is 0.0348. The van der Waals surface area contributed by atoms with E-state index in [0.29, 0.717) is 12.1 Å². The van der Waals surface area contributed by atoms with Crippen LogP contribution in [0.25, 0.3) is 0 Å². The molecular formula is C24H21F3N4O3. The average Bonchev–Trinajstić information content (AvgIpc) is 2.80. The number of hydrogen-bond donors (Lipinski definition) is 0. The van der Waals surface area contributed by atoms with Crippen LogP contribution in [0, 0.1) is 11.3 Å². The van der Waals surface area contributed by atoms with Gasteiger partial charge in [0.1, 0.15) is 30.0 Å². The van der Waals surface area contributed by atoms with E-state index in [1.165, 1.54) is 24.3 Å². The van der Waals surface area contributed by atoms with E-state index in [1.54, 1.807) is 16.7 Å². The predicted octanol–water partition coefficient (Wildman–Crippen LogP) is 4.73. The minimum atomic E-state index is -4.50. The summed E-state index contributed by atoms with van der Waals surface area (Å²) in [5.74, 6) is 0.968. The standard InChI is InChI=1S/C24H21F3N4O3/c1-15-8-9-31-22(30(15)2)12-21(29-23(31)32)33-14-16-6-7-20(17(10-16)13-28)34-19-5-3-4-18(11-19)24(25,26)27/h3-7,10-12,15H,8-9,14H2,1-2H3/t15-/m0/s1. The monoisotopic (exact) mass is 470 g/mol. The molecule has 2 aromatic carbocycles. The molecule has 1 aliphatic heterocycles. The van der Waals surface area contributed by atoms with Crippen molar-refractivity contribution in [2.45, 2.75) is 38.7 Å². The van der Waals surface area contributed by atoms with Crippen molar-refractivity contribution in [3.8, 4) is 23.4 Å². The number of anilines is 1. The Morgan fingerprint density at radius 3 is 2.74 bits per heavy atom. The molecule has 1 atom stereocenters. The van der Waals surface area contributed by atoms with Crippen LogP contribution in [0.4, 0.5) is 19.0 Å². The predicted molar refractivity (Wildman–Crippen MR) is 118 cm³/mol. The van der Waals surface area contributed by atoms with E-state index in [1.807, 2.05) is 18.0 Å². The van der Waals surface area contributed by atoms with Gasteiger partial charge in [0.25, 0.3) is 0 Å². The Labute approximate surface area is 193 Å². The highest BCUT2D eigenvalue weighted by molar-refractivity contribution is 5.48. The highest BCUT2D eigenvalue weighted by Gasteiger charge is 2.30. The molecule has 3 aromatic rings. The summed E-state index contributed by atoms with van der Waals surface area (Å²) in [5, 5.41) is 9.50. The van der Waals surface area contributed by atoms with Gasteiger partial charge in [-0.3, -0.25) is 4.57 Å². The number of rotatable bonds is 5. The summed E-state index contributed by atoms with van der Waals surface area (Å²) >= 11 is 0. The van der Waals surface area contributed by atoms with Gasteiger partial charge in [0.05, 0.1) is 11.1 Å². The number of alkyl halides is 3. The largest absolute Gasteiger partial charge is 0.473 e. The summed E-state index contributed by atoms with van der Waals surface area (Å²) in [6.45, 7) is 2.70. The topological polar surface area (TPSA) is 80.4 Å². The lowest BCUT2D eigenvalue weighted by molar-refractivity contribution is -0.137. The van der Waals surface area contributed by atoms with Crippen LogP contribution in [0.15, 0.2) is 53.3 Å². The zero-order valence-corrected chi connectivity index (χ0v) is 18.5. The molecule has 7 nitrogen and oxygen atoms in total. The first-order chi connectivity index (χ1) is 16.2. The van der Waals surface area contributed by atoms with E-state index >= 15 is 0 Å². The molecule has 0 saturated carbocycles. The zero-order chi connectivity index (χ0) is 24.5. The van der Waals surface area contributed by atoms with E-state index < -0.39 is 17.4 Å². The highest BCUT2D eigenvalue weighted by atomic mass is 19.4. The lowest BCUT2D eigenvalue weighted by atomic mass is 10.1. The van der Waals surface area contributed by atoms with Gasteiger partial charge in [-0.05, 0) is 49.2 Å². The first-order valence-corrected chi connectivity index (χ1v) is 10.5. The molecule has 1 aromatic heterocycles. The number of fused-ring (bicyclic) bond motifs is 1. The lowest BCUT2D eigenvalue weighted by Gasteiger charge is -2.34. The number of aromatic nitrogens is 2. The SMILES string of the molecule is C[C@H]1CCn2c(cc(OCc3ccc(Oc4cccc(C(F)(F)F)c4)c(C#N)c3)nc2=O)N1C. The summed E-state index contributed by atoms with van der Waals surface area (Å²) in [6, 6.07) is 13.0. The van der Waals surface area contributed by atoms with Crippen LogP contribution < -0.4 is 20.1 Å². The second-order valence-corrected chi connectivity index (χ2v) is 7.99. The number of nitrogens with zero attached hydrogens (tertiary/aromatic N) is 4. The normalized spacial score (nSPS) is 15.4. The minimum Gasteiger partial charge on any atom is -0.473 e. The summed E-state index contributed by atoms with van der Waals surface area (Å²) in [4.78, 5) is 18.3. The van der Waals surface area contributed by atoms with Crippen molar-refractivity contribution in [3.63, 3.8) is 0 Å². The third-order valence-electron chi connectivity index (χ3n) is 5.70. The van der Waals surface area contributed by atoms with E-state index in [0.717, 1.165) is 24.4 Å². The van der Waals surface area contributed by atoms with E-state index in [2.05, 4.69) is 11.9 Å². The number of halogens is 3. The van der Waals surface area contributed by atoms with Crippen molar-refractivity contribution in [1.82, 2.24) is 9.55 Å². The van der Waals surface area contributed by atoms with Gasteiger partial charge in [0.15, 0.2) is 0 Å². The van der Waals surface area contributed by atoms with Crippen LogP contribution in [0.2, 0.25) is 0 Å². The van der Waals surface area contributed by atoms with E-state index in [-0.39, 0.29) is 35.6 Å². The Morgan fingerprint density at radius 2 is 2.00 bits per heavy atom. The third kappa shape index (κ3) is 4.83. The smallest absolute Gasteiger partial charge is 0.416 e. The van der Waals surface area contributed by atoms with E-state index in [4.69, 9.17) is 9.47 Å². The number of hydrogen-bond acceptors (Lipinski definition) is 6. The number of ether oxygens (including phenoxy) is 2. The van der Waals surface area contributed by atoms with Crippen molar-refractivity contribution >= 4 is 5.82 Å². The Balaban J connectivity index is 1.51. The molecule has 0 unspecified atom stereocenters. The molecule has 0 N–H and O–H groups in total. The average molecular weight is 470 g/mol. The van der Waals surface area contributed by atoms with Crippen molar-refractivity contribution in [2.75, 3.05) is 11.9 Å². The van der Waals surface area contributed by atoms with Gasteiger partial charge in [-0.25, -0.2) is 4.79 Å². The molecule has 0 amide bonds. The quantitative estimate of drug-likeness (QED) is 0.536. The van der Waals surface area contributed by atoms with Gasteiger partial charge in [0.2, 0.25) is 5.88 Å². The Morgan fingerprint density at radius 1 is 1.21 bits per heavy atom. The van der Waals surface area contributed by atoms with Crippen LogP contribution in [-0.2, 0) is 19.3 Å². The van der Waals surface area contributed by atoms with Crippen molar-refractivity contribution in [1.29, 1.82) is 5.26 Å². The van der Waals surface area contributed by atoms with Gasteiger partial charge in [-0.2, -0.15) is 23.4 Å². The van der Waals surface area contributed by atoms with Crippen molar-refractivity contribution < 1.29 is 22.6 Å². The van der Waals surface area contributed by atoms with Crippen molar-refractivity contribution in [2.24, 2.45) is 0 Å². The first kappa shape index (κ1) is 23.2. The van der Waals surface area contributed by atoms with Gasteiger partial charge in [0, 0.05) is 25.7 Å². The number of benzene rings is 2. The molecule has 0 fully saturated rings. The third-order valence-corrected chi connectivity index (χ3v) is 5.70. The highest BCUT2D eigenvalue weighted by Crippen LogP contribution is 2.33. The summed E-state index contributed by atoms with van der Waals surface area (Å²) < 4.78 is 51.6. The van der Waals surface area contributed by atoms with E-state index in [9.17, 15) is 23.2 Å². The van der Waals surface area contributed by atoms with Crippen LogP contribution in [0.3, 0.4) is 0 Å². The lowest BCUT2D eigenvalue weighted by Crippen LogP contribution is -2.41. The van der Waals surface area contributed by atoms with Gasteiger partial charge in [-0.1, -0.05) is 12.1 Å². The summed E-state index contributed by atoms with van der Waals surface area (Å²) in [7, 11) is 1.90. The molecule has 0 bridgehead atoms. The maximum atomic E-state index is 12.9. The van der Waals surface area contributed by atoms with Crippen LogP contribution >= 0.6 is 0 Å². The van der Waals surface area contributed by atoms with Gasteiger partial charge >= 0.3 is 11.9 Å². The molecule has 34 heavy (non-hydrogen) atoms. The molecule has 2 heterocycles. The van der Waals surface area contributed by atoms with Gasteiger partial charge < -0.3 is 14.4 Å². The Bertz CT molecular complexity index is 1310. The molecule has 0 spiro atoms. The molecule has 0 aliphatic carbocycles.